The molecule has 0 fully saturated rings. The van der Waals surface area contributed by atoms with Gasteiger partial charge in [-0.3, -0.25) is 0 Å². The minimum absolute atomic E-state index is 0.296. The molecule has 2 N–H and O–H groups in total. The zero-order valence-corrected chi connectivity index (χ0v) is 14.8. The van der Waals surface area contributed by atoms with Gasteiger partial charge in [-0.25, -0.2) is 9.79 Å². The fourth-order valence-corrected chi connectivity index (χ4v) is 1.80. The Labute approximate surface area is 137 Å². The fraction of sp³-hybridized carbons (Fsp3) is 0.625. The molecule has 0 saturated heterocycles. The topological polar surface area (TPSA) is 85.1 Å². The zero-order chi connectivity index (χ0) is 17.5. The Kier molecular flexibility index (Phi) is 7.09. The molecule has 0 saturated carbocycles. The number of carbonyl (C=O) groups excluding carboxylic acids is 1. The number of carbonyl (C=O) groups is 1. The van der Waals surface area contributed by atoms with Crippen LogP contribution in [-0.4, -0.2) is 44.8 Å². The Morgan fingerprint density at radius 2 is 2.04 bits per heavy atom. The van der Waals surface area contributed by atoms with Crippen LogP contribution in [0.1, 0.15) is 42.6 Å². The maximum atomic E-state index is 11.6. The lowest BCUT2D eigenvalue weighted by atomic mass is 10.1. The highest BCUT2D eigenvalue weighted by Crippen LogP contribution is 2.16. The van der Waals surface area contributed by atoms with Crippen molar-refractivity contribution in [2.45, 2.75) is 39.8 Å². The lowest BCUT2D eigenvalue weighted by Gasteiger charge is -2.24. The number of methoxy groups -OCH3 is 2. The highest BCUT2D eigenvalue weighted by atomic mass is 16.5. The van der Waals surface area contributed by atoms with Crippen molar-refractivity contribution in [2.75, 3.05) is 27.3 Å². The number of nitrogens with zero attached hydrogens (tertiary/aromatic N) is 1. The van der Waals surface area contributed by atoms with Crippen molar-refractivity contribution in [2.24, 2.45) is 4.99 Å². The number of ether oxygens (including phenoxy) is 2. The first-order valence-corrected chi connectivity index (χ1v) is 7.58. The van der Waals surface area contributed by atoms with Gasteiger partial charge in [-0.2, -0.15) is 0 Å². The highest BCUT2D eigenvalue weighted by Gasteiger charge is 2.17. The van der Waals surface area contributed by atoms with E-state index in [0.717, 1.165) is 6.54 Å². The summed E-state index contributed by atoms with van der Waals surface area (Å²) in [5, 5.41) is 6.37. The van der Waals surface area contributed by atoms with E-state index < -0.39 is 5.97 Å². The summed E-state index contributed by atoms with van der Waals surface area (Å²) in [5.74, 6) is 1.38. The maximum absolute atomic E-state index is 11.6. The average Bonchev–Trinajstić information content (AvgIpc) is 2.90. The van der Waals surface area contributed by atoms with E-state index in [4.69, 9.17) is 13.9 Å². The molecule has 1 rings (SSSR count). The van der Waals surface area contributed by atoms with E-state index in [9.17, 15) is 4.79 Å². The van der Waals surface area contributed by atoms with Gasteiger partial charge in [0.2, 0.25) is 0 Å². The van der Waals surface area contributed by atoms with Crippen molar-refractivity contribution in [1.82, 2.24) is 10.6 Å². The van der Waals surface area contributed by atoms with Crippen molar-refractivity contribution in [1.29, 1.82) is 0 Å². The normalized spacial score (nSPS) is 12.2. The molecule has 0 spiro atoms. The summed E-state index contributed by atoms with van der Waals surface area (Å²) in [6.45, 7) is 9.36. The smallest absolute Gasteiger partial charge is 0.341 e. The number of furan rings is 1. The van der Waals surface area contributed by atoms with Crippen LogP contribution in [0.2, 0.25) is 0 Å². The minimum Gasteiger partial charge on any atom is -0.465 e. The number of guanidine groups is 1. The molecule has 130 valence electrons. The van der Waals surface area contributed by atoms with Crippen LogP contribution in [0.5, 0.6) is 0 Å². The van der Waals surface area contributed by atoms with Crippen molar-refractivity contribution < 1.29 is 18.7 Å². The maximum Gasteiger partial charge on any atom is 0.341 e. The largest absolute Gasteiger partial charge is 0.465 e. The molecule has 0 unspecified atom stereocenters. The van der Waals surface area contributed by atoms with Crippen LogP contribution < -0.4 is 10.6 Å². The Balaban J connectivity index is 2.75. The Morgan fingerprint density at radius 3 is 2.61 bits per heavy atom. The van der Waals surface area contributed by atoms with Crippen LogP contribution in [0, 0.1) is 6.92 Å². The molecular weight excluding hydrogens is 298 g/mol. The summed E-state index contributed by atoms with van der Waals surface area (Å²) < 4.78 is 15.6. The number of aryl methyl sites for hydroxylation is 1. The Morgan fingerprint density at radius 1 is 1.35 bits per heavy atom. The van der Waals surface area contributed by atoms with E-state index in [1.54, 1.807) is 20.1 Å². The fourth-order valence-electron chi connectivity index (χ4n) is 1.80. The predicted octanol–water partition coefficient (Wildman–Crippen LogP) is 1.85. The lowest BCUT2D eigenvalue weighted by molar-refractivity contribution is 0.0268. The van der Waals surface area contributed by atoms with Crippen LogP contribution in [0.15, 0.2) is 15.5 Å². The first kappa shape index (κ1) is 19.0. The van der Waals surface area contributed by atoms with Crippen LogP contribution >= 0.6 is 0 Å². The zero-order valence-electron chi connectivity index (χ0n) is 14.8. The molecule has 0 radical (unpaired) electrons. The van der Waals surface area contributed by atoms with Gasteiger partial charge in [-0.05, 0) is 33.8 Å². The van der Waals surface area contributed by atoms with Crippen LogP contribution in [0.4, 0.5) is 0 Å². The Hall–Kier alpha value is -2.02. The second-order valence-corrected chi connectivity index (χ2v) is 5.69. The van der Waals surface area contributed by atoms with Crippen molar-refractivity contribution >= 4 is 11.9 Å². The molecule has 7 nitrogen and oxygen atoms in total. The van der Waals surface area contributed by atoms with Gasteiger partial charge in [0, 0.05) is 20.2 Å². The molecule has 0 bridgehead atoms. The van der Waals surface area contributed by atoms with E-state index in [-0.39, 0.29) is 5.60 Å². The first-order chi connectivity index (χ1) is 10.8. The summed E-state index contributed by atoms with van der Waals surface area (Å²) in [4.78, 5) is 16.0. The summed E-state index contributed by atoms with van der Waals surface area (Å²) in [6.07, 6.45) is 0. The predicted molar refractivity (Wildman–Crippen MR) is 88.7 cm³/mol. The molecule has 0 atom stereocenters. The SMILES string of the molecule is CCNC(=NCc1cc(C(=O)OC)c(C)o1)NCC(C)(C)OC. The van der Waals surface area contributed by atoms with Crippen molar-refractivity contribution in [3.8, 4) is 0 Å². The van der Waals surface area contributed by atoms with Crippen LogP contribution in [0.3, 0.4) is 0 Å². The van der Waals surface area contributed by atoms with Crippen molar-refractivity contribution in [3.05, 3.63) is 23.2 Å². The molecule has 0 amide bonds. The van der Waals surface area contributed by atoms with Gasteiger partial charge in [0.15, 0.2) is 5.96 Å². The van der Waals surface area contributed by atoms with Crippen LogP contribution in [0.25, 0.3) is 0 Å². The van der Waals surface area contributed by atoms with Crippen LogP contribution in [-0.2, 0) is 16.0 Å². The summed E-state index contributed by atoms with van der Waals surface area (Å²) in [5.41, 5.74) is 0.131. The number of hydrogen-bond acceptors (Lipinski definition) is 5. The van der Waals surface area contributed by atoms with E-state index >= 15 is 0 Å². The molecule has 23 heavy (non-hydrogen) atoms. The number of aliphatic imine (C=N–C) groups is 1. The van der Waals surface area contributed by atoms with Gasteiger partial charge in [-0.15, -0.1) is 0 Å². The molecule has 7 heteroatoms. The third-order valence-corrected chi connectivity index (χ3v) is 3.35. The third-order valence-electron chi connectivity index (χ3n) is 3.35. The van der Waals surface area contributed by atoms with Gasteiger partial charge in [0.1, 0.15) is 23.6 Å². The molecular formula is C16H27N3O4. The summed E-state index contributed by atoms with van der Waals surface area (Å²) >= 11 is 0. The van der Waals surface area contributed by atoms with E-state index in [2.05, 4.69) is 15.6 Å². The number of esters is 1. The van der Waals surface area contributed by atoms with Gasteiger partial charge < -0.3 is 24.5 Å². The monoisotopic (exact) mass is 325 g/mol. The van der Waals surface area contributed by atoms with Gasteiger partial charge >= 0.3 is 5.97 Å². The molecule has 0 aliphatic carbocycles. The molecule has 0 aliphatic rings. The van der Waals surface area contributed by atoms with E-state index in [1.807, 2.05) is 20.8 Å². The number of rotatable bonds is 7. The quantitative estimate of drug-likeness (QED) is 0.452. The van der Waals surface area contributed by atoms with Crippen molar-refractivity contribution in [3.63, 3.8) is 0 Å². The second-order valence-electron chi connectivity index (χ2n) is 5.69. The second kappa shape index (κ2) is 8.57. The van der Waals surface area contributed by atoms with Gasteiger partial charge in [-0.1, -0.05) is 0 Å². The molecule has 1 aromatic heterocycles. The highest BCUT2D eigenvalue weighted by molar-refractivity contribution is 5.90. The van der Waals surface area contributed by atoms with Gasteiger partial charge in [0.25, 0.3) is 0 Å². The minimum atomic E-state index is -0.409. The van der Waals surface area contributed by atoms with E-state index in [0.29, 0.717) is 36.1 Å². The average molecular weight is 325 g/mol. The summed E-state index contributed by atoms with van der Waals surface area (Å²) in [7, 11) is 3.02. The molecule has 0 aliphatic heterocycles. The third kappa shape index (κ3) is 5.94. The standard InChI is InChI=1S/C16H27N3O4/c1-7-17-15(19-10-16(3,4)22-6)18-9-12-8-13(11(2)23-12)14(20)21-5/h8H,7,9-10H2,1-6H3,(H2,17,18,19). The van der Waals surface area contributed by atoms with E-state index in [1.165, 1.54) is 7.11 Å². The molecule has 0 aromatic carbocycles. The number of nitrogens with one attached hydrogen (secondary N) is 2. The molecule has 1 heterocycles. The number of hydrogen-bond donors (Lipinski definition) is 2. The summed E-state index contributed by atoms with van der Waals surface area (Å²) in [6, 6.07) is 1.66. The first-order valence-electron chi connectivity index (χ1n) is 7.58. The Bertz CT molecular complexity index is 550. The van der Waals surface area contributed by atoms with Gasteiger partial charge in [0.05, 0.1) is 12.7 Å². The molecule has 1 aromatic rings. The lowest BCUT2D eigenvalue weighted by Crippen LogP contribution is -2.45.